The number of halogens is 1. The fourth-order valence-corrected chi connectivity index (χ4v) is 0.924. The highest BCUT2D eigenvalue weighted by molar-refractivity contribution is 7.94. The summed E-state index contributed by atoms with van der Waals surface area (Å²) in [6.07, 6.45) is 0. The van der Waals surface area contributed by atoms with Crippen LogP contribution >= 0.6 is 0 Å². The van der Waals surface area contributed by atoms with Crippen LogP contribution in [0.15, 0.2) is 0 Å². The molecule has 56 valence electrons. The molecule has 0 saturated carbocycles. The smallest absolute Gasteiger partial charge is 0.263 e. The summed E-state index contributed by atoms with van der Waals surface area (Å²) in [5.41, 5.74) is 0. The van der Waals surface area contributed by atoms with E-state index in [0.717, 1.165) is 0 Å². The molecule has 0 saturated heterocycles. The van der Waals surface area contributed by atoms with Gasteiger partial charge in [-0.15, -0.1) is 0 Å². The number of hydrogen-bond donors (Lipinski definition) is 1. The van der Waals surface area contributed by atoms with Crippen molar-refractivity contribution in [2.45, 2.75) is 0 Å². The number of rotatable bonds is 2. The van der Waals surface area contributed by atoms with Crippen LogP contribution in [-0.4, -0.2) is 21.4 Å². The zero-order valence-electron chi connectivity index (χ0n) is 3.68. The van der Waals surface area contributed by atoms with Gasteiger partial charge >= 0.3 is 20.9 Å². The molecule has 1 N–H and O–H groups in total. The molecule has 6 nitrogen and oxygen atoms in total. The third-order valence-electron chi connectivity index (χ3n) is 0.167. The molecule has 0 aliphatic carbocycles. The monoisotopic (exact) mass is 180 g/mol. The summed E-state index contributed by atoms with van der Waals surface area (Å²) in [6.45, 7) is 0. The Morgan fingerprint density at radius 2 is 1.56 bits per heavy atom. The maximum atomic E-state index is 11.1. The van der Waals surface area contributed by atoms with Gasteiger partial charge in [0.1, 0.15) is 0 Å². The first-order valence-corrected chi connectivity index (χ1v) is 4.01. The van der Waals surface area contributed by atoms with Gasteiger partial charge in [0, 0.05) is 0 Å². The Bertz CT molecular complexity index is 236. The average molecular weight is 180 g/mol. The predicted octanol–water partition coefficient (Wildman–Crippen LogP) is -0.980. The molecule has 0 heterocycles. The van der Waals surface area contributed by atoms with E-state index in [4.69, 9.17) is 4.55 Å². The van der Waals surface area contributed by atoms with Crippen molar-refractivity contribution >= 4 is 20.9 Å². The molecule has 0 aliphatic rings. The van der Waals surface area contributed by atoms with Crippen LogP contribution in [-0.2, 0) is 24.5 Å². The molecule has 0 rings (SSSR count). The molecular formula is HFO6S2. The Morgan fingerprint density at radius 1 is 1.22 bits per heavy atom. The third-order valence-corrected chi connectivity index (χ3v) is 1.51. The lowest BCUT2D eigenvalue weighted by Gasteiger charge is -1.87. The maximum Gasteiger partial charge on any atom is 0.453 e. The topological polar surface area (TPSA) is 97.7 Å². The van der Waals surface area contributed by atoms with E-state index in [2.05, 4.69) is 3.63 Å². The van der Waals surface area contributed by atoms with Gasteiger partial charge < -0.3 is 0 Å². The molecule has 0 radical (unpaired) electrons. The standard InChI is InChI=1S/FHO6S2/c1-8(2,3)7-9(4,5)6/h(H,4,5,6). The first-order chi connectivity index (χ1) is 3.71. The summed E-state index contributed by atoms with van der Waals surface area (Å²) in [5, 5.41) is 0. The quantitative estimate of drug-likeness (QED) is 0.433. The van der Waals surface area contributed by atoms with Crippen molar-refractivity contribution in [3.8, 4) is 0 Å². The second-order valence-corrected chi connectivity index (χ2v) is 3.07. The first-order valence-electron chi connectivity index (χ1n) is 1.34. The molecule has 0 aromatic carbocycles. The van der Waals surface area contributed by atoms with Crippen LogP contribution in [0.4, 0.5) is 3.89 Å². The minimum absolute atomic E-state index is 2.46. The second-order valence-electron chi connectivity index (χ2n) is 0.889. The van der Waals surface area contributed by atoms with Crippen LogP contribution in [0.5, 0.6) is 0 Å². The van der Waals surface area contributed by atoms with Gasteiger partial charge in [-0.3, -0.25) is 4.55 Å². The van der Waals surface area contributed by atoms with Crippen molar-refractivity contribution in [2.24, 2.45) is 0 Å². The summed E-state index contributed by atoms with van der Waals surface area (Å²) in [7, 11) is -10.9. The van der Waals surface area contributed by atoms with Crippen molar-refractivity contribution in [2.75, 3.05) is 0 Å². The van der Waals surface area contributed by atoms with Gasteiger partial charge in [0.2, 0.25) is 0 Å². The summed E-state index contributed by atoms with van der Waals surface area (Å²) in [5.74, 6) is 0. The molecule has 0 spiro atoms. The van der Waals surface area contributed by atoms with Crippen LogP contribution in [0.25, 0.3) is 0 Å². The minimum atomic E-state index is -5.62. The molecule has 0 aliphatic heterocycles. The van der Waals surface area contributed by atoms with Gasteiger partial charge in [0.15, 0.2) is 0 Å². The lowest BCUT2D eigenvalue weighted by molar-refractivity contribution is 0.368. The van der Waals surface area contributed by atoms with Crippen LogP contribution in [0.1, 0.15) is 0 Å². The minimum Gasteiger partial charge on any atom is -0.263 e. The molecule has 9 heavy (non-hydrogen) atoms. The van der Waals surface area contributed by atoms with E-state index in [9.17, 15) is 20.7 Å². The molecule has 0 fully saturated rings. The van der Waals surface area contributed by atoms with E-state index >= 15 is 0 Å². The van der Waals surface area contributed by atoms with Gasteiger partial charge in [0.05, 0.1) is 0 Å². The normalized spacial score (nSPS) is 13.6. The van der Waals surface area contributed by atoms with E-state index in [1.165, 1.54) is 0 Å². The maximum absolute atomic E-state index is 11.1. The van der Waals surface area contributed by atoms with Crippen molar-refractivity contribution in [3.63, 3.8) is 0 Å². The lowest BCUT2D eigenvalue weighted by atomic mass is 15.8. The van der Waals surface area contributed by atoms with Crippen LogP contribution in [0, 0.1) is 0 Å². The van der Waals surface area contributed by atoms with Gasteiger partial charge in [-0.05, 0) is 0 Å². The summed E-state index contributed by atoms with van der Waals surface area (Å²) >= 11 is 0. The molecule has 0 aromatic heterocycles. The molecule has 0 bridgehead atoms. The van der Waals surface area contributed by atoms with Crippen LogP contribution in [0.3, 0.4) is 0 Å². The SMILES string of the molecule is O=S(=O)(O)OS(=O)(=O)F. The van der Waals surface area contributed by atoms with Crippen LogP contribution in [0.2, 0.25) is 0 Å². The van der Waals surface area contributed by atoms with E-state index in [0.29, 0.717) is 0 Å². The van der Waals surface area contributed by atoms with Crippen molar-refractivity contribution in [1.29, 1.82) is 0 Å². The fourth-order valence-electron chi connectivity index (χ4n) is 0.103. The second kappa shape index (κ2) is 2.17. The lowest BCUT2D eigenvalue weighted by Crippen LogP contribution is -2.07. The summed E-state index contributed by atoms with van der Waals surface area (Å²) < 4.78 is 58.2. The highest BCUT2D eigenvalue weighted by Crippen LogP contribution is 1.97. The Morgan fingerprint density at radius 3 is 1.56 bits per heavy atom. The molecule has 0 unspecified atom stereocenters. The first kappa shape index (κ1) is 8.75. The summed E-state index contributed by atoms with van der Waals surface area (Å²) in [6, 6.07) is 0. The van der Waals surface area contributed by atoms with Gasteiger partial charge in [-0.1, -0.05) is 7.52 Å². The summed E-state index contributed by atoms with van der Waals surface area (Å²) in [4.78, 5) is 0. The Hall–Kier alpha value is -0.250. The molecule has 0 aromatic rings. The van der Waals surface area contributed by atoms with Gasteiger partial charge in [0.25, 0.3) is 0 Å². The van der Waals surface area contributed by atoms with E-state index in [1.807, 2.05) is 0 Å². The Balaban J connectivity index is 4.46. The fraction of sp³-hybridized carbons (Fsp3) is 0. The molecule has 9 heteroatoms. The predicted molar refractivity (Wildman–Crippen MR) is 22.7 cm³/mol. The van der Waals surface area contributed by atoms with Crippen molar-refractivity contribution < 1.29 is 28.9 Å². The Labute approximate surface area is 50.6 Å². The zero-order valence-corrected chi connectivity index (χ0v) is 5.32. The average Bonchev–Trinajstić information content (AvgIpc) is 1.14. The third kappa shape index (κ3) is 7.75. The van der Waals surface area contributed by atoms with E-state index in [-0.39, 0.29) is 0 Å². The zero-order chi connectivity index (χ0) is 7.71. The molecular weight excluding hydrogens is 179 g/mol. The Kier molecular flexibility index (Phi) is 2.11. The highest BCUT2D eigenvalue weighted by atomic mass is 32.3. The highest BCUT2D eigenvalue weighted by Gasteiger charge is 2.18. The molecule has 0 atom stereocenters. The largest absolute Gasteiger partial charge is 0.453 e. The van der Waals surface area contributed by atoms with E-state index < -0.39 is 20.9 Å². The molecule has 0 amide bonds. The number of hydrogen-bond acceptors (Lipinski definition) is 5. The van der Waals surface area contributed by atoms with Crippen molar-refractivity contribution in [3.05, 3.63) is 0 Å². The van der Waals surface area contributed by atoms with E-state index in [1.54, 1.807) is 0 Å². The van der Waals surface area contributed by atoms with Gasteiger partial charge in [-0.2, -0.15) is 16.8 Å². The van der Waals surface area contributed by atoms with Crippen molar-refractivity contribution in [1.82, 2.24) is 0 Å². The van der Waals surface area contributed by atoms with Crippen LogP contribution < -0.4 is 0 Å². The van der Waals surface area contributed by atoms with Gasteiger partial charge in [-0.25, -0.2) is 0 Å².